The summed E-state index contributed by atoms with van der Waals surface area (Å²) in [6.45, 7) is 6.44. The van der Waals surface area contributed by atoms with Gasteiger partial charge in [-0.15, -0.1) is 5.10 Å². The number of carboxylic acid groups (broad SMARTS) is 1. The molecule has 0 amide bonds. The molecule has 2 aromatic rings. The van der Waals surface area contributed by atoms with Gasteiger partial charge in [0, 0.05) is 12.5 Å². The molecule has 2 rings (SSSR count). The third-order valence-corrected chi connectivity index (χ3v) is 3.09. The summed E-state index contributed by atoms with van der Waals surface area (Å²) < 4.78 is 7.05. The number of hydrogen-bond donors (Lipinski definition) is 1. The summed E-state index contributed by atoms with van der Waals surface area (Å²) in [6, 6.07) is 7.66. The van der Waals surface area contributed by atoms with E-state index >= 15 is 0 Å². The van der Waals surface area contributed by atoms with Crippen LogP contribution in [0.25, 0.3) is 0 Å². The van der Waals surface area contributed by atoms with Gasteiger partial charge < -0.3 is 9.84 Å². The molecule has 0 radical (unpaired) electrons. The predicted octanol–water partition coefficient (Wildman–Crippen LogP) is 2.55. The van der Waals surface area contributed by atoms with Gasteiger partial charge in [0.05, 0.1) is 12.3 Å². The van der Waals surface area contributed by atoms with E-state index in [1.807, 2.05) is 45.0 Å². The van der Waals surface area contributed by atoms with E-state index in [0.717, 1.165) is 11.3 Å². The van der Waals surface area contributed by atoms with E-state index in [4.69, 9.17) is 4.74 Å². The molecule has 21 heavy (non-hydrogen) atoms. The molecule has 0 aliphatic heterocycles. The van der Waals surface area contributed by atoms with Crippen LogP contribution in [-0.4, -0.2) is 32.7 Å². The summed E-state index contributed by atoms with van der Waals surface area (Å²) in [5.41, 5.74) is 1.62. The molecule has 1 heterocycles. The summed E-state index contributed by atoms with van der Waals surface area (Å²) in [5, 5.41) is 16.9. The van der Waals surface area contributed by atoms with Crippen molar-refractivity contribution in [2.75, 3.05) is 6.61 Å². The van der Waals surface area contributed by atoms with E-state index in [2.05, 4.69) is 10.3 Å². The highest BCUT2D eigenvalue weighted by molar-refractivity contribution is 5.86. The quantitative estimate of drug-likeness (QED) is 0.884. The van der Waals surface area contributed by atoms with Gasteiger partial charge in [0.1, 0.15) is 5.75 Å². The normalized spacial score (nSPS) is 10.9. The standard InChI is InChI=1S/C15H19N3O3/c1-4-21-12-7-5-11(6-8-12)9-13-14(15(19)20)16-17-18(13)10(2)3/h5-8,10H,4,9H2,1-3H3,(H,19,20). The zero-order valence-corrected chi connectivity index (χ0v) is 12.4. The lowest BCUT2D eigenvalue weighted by Crippen LogP contribution is -2.11. The number of carbonyl (C=O) groups is 1. The maximum atomic E-state index is 11.3. The Kier molecular flexibility index (Phi) is 4.57. The summed E-state index contributed by atoms with van der Waals surface area (Å²) in [4.78, 5) is 11.3. The molecule has 0 bridgehead atoms. The van der Waals surface area contributed by atoms with Crippen LogP contribution in [0.3, 0.4) is 0 Å². The highest BCUT2D eigenvalue weighted by Gasteiger charge is 2.20. The van der Waals surface area contributed by atoms with E-state index in [0.29, 0.717) is 18.7 Å². The Balaban J connectivity index is 2.29. The minimum absolute atomic E-state index is 0.0117. The van der Waals surface area contributed by atoms with E-state index < -0.39 is 5.97 Å². The maximum absolute atomic E-state index is 11.3. The molecule has 0 fully saturated rings. The lowest BCUT2D eigenvalue weighted by Gasteiger charge is -2.10. The third kappa shape index (κ3) is 3.39. The van der Waals surface area contributed by atoms with E-state index in [9.17, 15) is 9.90 Å². The largest absolute Gasteiger partial charge is 0.494 e. The first kappa shape index (κ1) is 15.0. The van der Waals surface area contributed by atoms with Crippen molar-refractivity contribution in [3.05, 3.63) is 41.2 Å². The molecule has 0 aliphatic carbocycles. The fourth-order valence-electron chi connectivity index (χ4n) is 2.12. The van der Waals surface area contributed by atoms with Crippen molar-refractivity contribution in [2.24, 2.45) is 0 Å². The van der Waals surface area contributed by atoms with E-state index in [-0.39, 0.29) is 11.7 Å². The van der Waals surface area contributed by atoms with Crippen LogP contribution in [0.1, 0.15) is 48.6 Å². The second kappa shape index (κ2) is 6.39. The van der Waals surface area contributed by atoms with Crippen LogP contribution >= 0.6 is 0 Å². The highest BCUT2D eigenvalue weighted by Crippen LogP contribution is 2.19. The van der Waals surface area contributed by atoms with Crippen molar-refractivity contribution in [3.8, 4) is 5.75 Å². The van der Waals surface area contributed by atoms with Gasteiger partial charge in [-0.25, -0.2) is 9.48 Å². The Morgan fingerprint density at radius 1 is 1.33 bits per heavy atom. The van der Waals surface area contributed by atoms with Crippen molar-refractivity contribution in [3.63, 3.8) is 0 Å². The number of hydrogen-bond acceptors (Lipinski definition) is 4. The maximum Gasteiger partial charge on any atom is 0.358 e. The van der Waals surface area contributed by atoms with E-state index in [1.54, 1.807) is 4.68 Å². The fourth-order valence-corrected chi connectivity index (χ4v) is 2.12. The van der Waals surface area contributed by atoms with Crippen LogP contribution < -0.4 is 4.74 Å². The number of nitrogens with zero attached hydrogens (tertiary/aromatic N) is 3. The Bertz CT molecular complexity index is 618. The first-order chi connectivity index (χ1) is 10.0. The van der Waals surface area contributed by atoms with Crippen molar-refractivity contribution >= 4 is 5.97 Å². The molecule has 0 atom stereocenters. The number of carboxylic acids is 1. The van der Waals surface area contributed by atoms with Crippen molar-refractivity contribution in [2.45, 2.75) is 33.2 Å². The molecule has 6 heteroatoms. The van der Waals surface area contributed by atoms with Gasteiger partial charge in [0.2, 0.25) is 0 Å². The van der Waals surface area contributed by atoms with Crippen LogP contribution in [0.15, 0.2) is 24.3 Å². The van der Waals surface area contributed by atoms with E-state index in [1.165, 1.54) is 0 Å². The molecule has 0 spiro atoms. The number of benzene rings is 1. The second-order valence-corrected chi connectivity index (χ2v) is 4.98. The smallest absolute Gasteiger partial charge is 0.358 e. The molecule has 1 aromatic heterocycles. The number of ether oxygens (including phenoxy) is 1. The van der Waals surface area contributed by atoms with Gasteiger partial charge in [-0.2, -0.15) is 0 Å². The average Bonchev–Trinajstić information content (AvgIpc) is 2.85. The van der Waals surface area contributed by atoms with Gasteiger partial charge in [-0.3, -0.25) is 0 Å². The molecule has 112 valence electrons. The van der Waals surface area contributed by atoms with Crippen LogP contribution in [-0.2, 0) is 6.42 Å². The van der Waals surface area contributed by atoms with Crippen LogP contribution in [0.4, 0.5) is 0 Å². The molecular formula is C15H19N3O3. The topological polar surface area (TPSA) is 77.2 Å². The van der Waals surface area contributed by atoms with Crippen LogP contribution in [0.2, 0.25) is 0 Å². The number of aromatic carboxylic acids is 1. The molecule has 1 aromatic carbocycles. The minimum atomic E-state index is -1.05. The van der Waals surface area contributed by atoms with Gasteiger partial charge in [0.15, 0.2) is 5.69 Å². The van der Waals surface area contributed by atoms with Crippen molar-refractivity contribution < 1.29 is 14.6 Å². The van der Waals surface area contributed by atoms with Crippen molar-refractivity contribution in [1.82, 2.24) is 15.0 Å². The summed E-state index contributed by atoms with van der Waals surface area (Å²) >= 11 is 0. The SMILES string of the molecule is CCOc1ccc(Cc2c(C(=O)O)nnn2C(C)C)cc1. The number of aromatic nitrogens is 3. The molecule has 0 saturated heterocycles. The van der Waals surface area contributed by atoms with Gasteiger partial charge in [-0.05, 0) is 38.5 Å². The minimum Gasteiger partial charge on any atom is -0.494 e. The Hall–Kier alpha value is -2.37. The van der Waals surface area contributed by atoms with Gasteiger partial charge in [0.25, 0.3) is 0 Å². The molecular weight excluding hydrogens is 270 g/mol. The Morgan fingerprint density at radius 2 is 2.00 bits per heavy atom. The van der Waals surface area contributed by atoms with Crippen LogP contribution in [0, 0.1) is 0 Å². The summed E-state index contributed by atoms with van der Waals surface area (Å²) in [6.07, 6.45) is 0.471. The monoisotopic (exact) mass is 289 g/mol. The fraction of sp³-hybridized carbons (Fsp3) is 0.400. The summed E-state index contributed by atoms with van der Waals surface area (Å²) in [5.74, 6) is -0.252. The molecule has 0 saturated carbocycles. The Morgan fingerprint density at radius 3 is 2.52 bits per heavy atom. The first-order valence-electron chi connectivity index (χ1n) is 6.92. The van der Waals surface area contributed by atoms with Gasteiger partial charge >= 0.3 is 5.97 Å². The highest BCUT2D eigenvalue weighted by atomic mass is 16.5. The zero-order valence-electron chi connectivity index (χ0n) is 12.4. The van der Waals surface area contributed by atoms with Crippen LogP contribution in [0.5, 0.6) is 5.75 Å². The molecule has 6 nitrogen and oxygen atoms in total. The first-order valence-corrected chi connectivity index (χ1v) is 6.92. The summed E-state index contributed by atoms with van der Waals surface area (Å²) in [7, 11) is 0. The second-order valence-electron chi connectivity index (χ2n) is 4.98. The third-order valence-electron chi connectivity index (χ3n) is 3.09. The molecule has 0 aliphatic rings. The predicted molar refractivity (Wildman–Crippen MR) is 77.8 cm³/mol. The molecule has 0 unspecified atom stereocenters. The lowest BCUT2D eigenvalue weighted by atomic mass is 10.1. The zero-order chi connectivity index (χ0) is 15.4. The molecule has 1 N–H and O–H groups in total. The Labute approximate surface area is 123 Å². The van der Waals surface area contributed by atoms with Gasteiger partial charge in [-0.1, -0.05) is 17.3 Å². The lowest BCUT2D eigenvalue weighted by molar-refractivity contribution is 0.0689. The number of rotatable bonds is 6. The average molecular weight is 289 g/mol. The van der Waals surface area contributed by atoms with Crippen molar-refractivity contribution in [1.29, 1.82) is 0 Å².